The Morgan fingerprint density at radius 3 is 2.48 bits per heavy atom. The van der Waals surface area contributed by atoms with E-state index in [0.29, 0.717) is 11.6 Å². The van der Waals surface area contributed by atoms with Gasteiger partial charge < -0.3 is 4.57 Å². The maximum absolute atomic E-state index is 11.7. The normalized spacial score (nSPS) is 15.6. The number of aromatic nitrogens is 2. The van der Waals surface area contributed by atoms with Gasteiger partial charge in [-0.2, -0.15) is 0 Å². The molecule has 0 unspecified atom stereocenters. The number of nitrogens with zero attached hydrogens (tertiary/aromatic N) is 2. The number of hydrogen-bond acceptors (Lipinski definition) is 2. The number of fused-ring (bicyclic) bond motifs is 1. The largest absolute Gasteiger partial charge is 0.321 e. The van der Waals surface area contributed by atoms with E-state index in [9.17, 15) is 4.79 Å². The summed E-state index contributed by atoms with van der Waals surface area (Å²) in [4.78, 5) is 16.6. The highest BCUT2D eigenvalue weighted by Gasteiger charge is 2.22. The molecule has 1 fully saturated rings. The van der Waals surface area contributed by atoms with E-state index < -0.39 is 0 Å². The van der Waals surface area contributed by atoms with Crippen LogP contribution in [0.4, 0.5) is 0 Å². The molecule has 0 amide bonds. The minimum Gasteiger partial charge on any atom is -0.321 e. The molecule has 4 heteroatoms. The molecular weight excluding hydrogens is 332 g/mol. The Balaban J connectivity index is 1.92. The smallest absolute Gasteiger partial charge is 0.159 e. The highest BCUT2D eigenvalue weighted by Crippen LogP contribution is 2.36. The molecule has 3 aromatic rings. The first-order chi connectivity index (χ1) is 12.1. The Morgan fingerprint density at radius 1 is 1.08 bits per heavy atom. The van der Waals surface area contributed by atoms with Crippen molar-refractivity contribution in [1.29, 1.82) is 0 Å². The average molecular weight is 353 g/mol. The Labute approximate surface area is 152 Å². The fourth-order valence-corrected chi connectivity index (χ4v) is 3.96. The van der Waals surface area contributed by atoms with Crippen LogP contribution in [0.25, 0.3) is 22.4 Å². The third-order valence-electron chi connectivity index (χ3n) is 5.14. The van der Waals surface area contributed by atoms with Gasteiger partial charge in [0.15, 0.2) is 5.78 Å². The fraction of sp³-hybridized carbons (Fsp3) is 0.333. The zero-order valence-electron chi connectivity index (χ0n) is 14.3. The van der Waals surface area contributed by atoms with E-state index >= 15 is 0 Å². The molecule has 3 nitrogen and oxygen atoms in total. The van der Waals surface area contributed by atoms with Crippen LogP contribution in [0, 0.1) is 0 Å². The lowest BCUT2D eigenvalue weighted by Gasteiger charge is -2.25. The van der Waals surface area contributed by atoms with E-state index in [1.54, 1.807) is 6.92 Å². The molecule has 128 valence electrons. The van der Waals surface area contributed by atoms with Crippen LogP contribution < -0.4 is 0 Å². The molecule has 0 aliphatic heterocycles. The first-order valence-corrected chi connectivity index (χ1v) is 9.30. The SMILES string of the molecule is CC(=O)c1ccc2c(c1)nc(-c1ccc(Cl)cc1)n2C1CCCCC1. The molecule has 1 aromatic heterocycles. The predicted octanol–water partition coefficient (Wildman–Crippen LogP) is 6.06. The van der Waals surface area contributed by atoms with Gasteiger partial charge in [-0.1, -0.05) is 30.9 Å². The minimum absolute atomic E-state index is 0.0714. The monoisotopic (exact) mass is 352 g/mol. The number of benzene rings is 2. The van der Waals surface area contributed by atoms with Gasteiger partial charge in [0.25, 0.3) is 0 Å². The summed E-state index contributed by atoms with van der Waals surface area (Å²) in [6.07, 6.45) is 6.20. The number of imidazole rings is 1. The highest BCUT2D eigenvalue weighted by molar-refractivity contribution is 6.30. The molecule has 0 bridgehead atoms. The summed E-state index contributed by atoms with van der Waals surface area (Å²) < 4.78 is 2.38. The van der Waals surface area contributed by atoms with Gasteiger partial charge in [0, 0.05) is 22.2 Å². The van der Waals surface area contributed by atoms with Crippen LogP contribution >= 0.6 is 11.6 Å². The lowest BCUT2D eigenvalue weighted by atomic mass is 9.94. The van der Waals surface area contributed by atoms with Crippen LogP contribution in [0.1, 0.15) is 55.4 Å². The summed E-state index contributed by atoms with van der Waals surface area (Å²) in [5.41, 5.74) is 3.78. The van der Waals surface area contributed by atoms with E-state index in [1.807, 2.05) is 42.5 Å². The Hall–Kier alpha value is -2.13. The zero-order chi connectivity index (χ0) is 17.4. The van der Waals surface area contributed by atoms with Crippen LogP contribution in [0.15, 0.2) is 42.5 Å². The van der Waals surface area contributed by atoms with E-state index in [0.717, 1.165) is 27.4 Å². The van der Waals surface area contributed by atoms with Gasteiger partial charge >= 0.3 is 0 Å². The molecule has 0 N–H and O–H groups in total. The summed E-state index contributed by atoms with van der Waals surface area (Å²) in [7, 11) is 0. The lowest BCUT2D eigenvalue weighted by Crippen LogP contribution is -2.14. The summed E-state index contributed by atoms with van der Waals surface area (Å²) >= 11 is 6.06. The van der Waals surface area contributed by atoms with Gasteiger partial charge in [-0.25, -0.2) is 4.98 Å². The third kappa shape index (κ3) is 3.09. The molecule has 0 radical (unpaired) electrons. The van der Waals surface area contributed by atoms with Gasteiger partial charge in [0.2, 0.25) is 0 Å². The summed E-state index contributed by atoms with van der Waals surface area (Å²) in [5.74, 6) is 1.04. The van der Waals surface area contributed by atoms with Crippen molar-refractivity contribution in [3.63, 3.8) is 0 Å². The summed E-state index contributed by atoms with van der Waals surface area (Å²) in [6, 6.07) is 14.2. The van der Waals surface area contributed by atoms with E-state index in [1.165, 1.54) is 32.1 Å². The highest BCUT2D eigenvalue weighted by atomic mass is 35.5. The lowest BCUT2D eigenvalue weighted by molar-refractivity contribution is 0.101. The van der Waals surface area contributed by atoms with Crippen molar-refractivity contribution in [3.8, 4) is 11.4 Å². The van der Waals surface area contributed by atoms with Crippen molar-refractivity contribution in [3.05, 3.63) is 53.1 Å². The number of halogens is 1. The van der Waals surface area contributed by atoms with Crippen molar-refractivity contribution in [2.75, 3.05) is 0 Å². The van der Waals surface area contributed by atoms with Crippen LogP contribution in [-0.4, -0.2) is 15.3 Å². The van der Waals surface area contributed by atoms with Crippen LogP contribution in [0.2, 0.25) is 5.02 Å². The predicted molar refractivity (Wildman–Crippen MR) is 102 cm³/mol. The Bertz CT molecular complexity index is 921. The van der Waals surface area contributed by atoms with Crippen molar-refractivity contribution >= 4 is 28.4 Å². The Kier molecular flexibility index (Phi) is 4.34. The van der Waals surface area contributed by atoms with E-state index in [4.69, 9.17) is 16.6 Å². The number of carbonyl (C=O) groups excluding carboxylic acids is 1. The second kappa shape index (κ2) is 6.64. The van der Waals surface area contributed by atoms with Crippen LogP contribution in [0.3, 0.4) is 0 Å². The molecule has 1 aliphatic rings. The number of rotatable bonds is 3. The van der Waals surface area contributed by atoms with Crippen LogP contribution in [-0.2, 0) is 0 Å². The van der Waals surface area contributed by atoms with Crippen molar-refractivity contribution in [1.82, 2.24) is 9.55 Å². The number of carbonyl (C=O) groups is 1. The van der Waals surface area contributed by atoms with Gasteiger partial charge in [0.05, 0.1) is 11.0 Å². The molecule has 1 aliphatic carbocycles. The second-order valence-electron chi connectivity index (χ2n) is 6.86. The zero-order valence-corrected chi connectivity index (χ0v) is 15.1. The quantitative estimate of drug-likeness (QED) is 0.536. The van der Waals surface area contributed by atoms with Gasteiger partial charge in [-0.15, -0.1) is 0 Å². The van der Waals surface area contributed by atoms with Gasteiger partial charge in [0.1, 0.15) is 5.82 Å². The fourth-order valence-electron chi connectivity index (χ4n) is 3.83. The molecule has 1 heterocycles. The number of Topliss-reactive ketones (excluding diaryl/α,β-unsaturated/α-hetero) is 1. The first kappa shape index (κ1) is 16.3. The van der Waals surface area contributed by atoms with E-state index in [-0.39, 0.29) is 5.78 Å². The number of hydrogen-bond donors (Lipinski definition) is 0. The summed E-state index contributed by atoms with van der Waals surface area (Å²) in [5, 5.41) is 0.725. The molecule has 2 aromatic carbocycles. The summed E-state index contributed by atoms with van der Waals surface area (Å²) in [6.45, 7) is 1.60. The minimum atomic E-state index is 0.0714. The molecule has 0 saturated heterocycles. The second-order valence-corrected chi connectivity index (χ2v) is 7.30. The molecular formula is C21H21ClN2O. The van der Waals surface area contributed by atoms with Crippen molar-refractivity contribution in [2.45, 2.75) is 45.1 Å². The van der Waals surface area contributed by atoms with Gasteiger partial charge in [-0.05, 0) is 62.2 Å². The first-order valence-electron chi connectivity index (χ1n) is 8.92. The molecule has 1 saturated carbocycles. The maximum atomic E-state index is 11.7. The Morgan fingerprint density at radius 2 is 1.80 bits per heavy atom. The van der Waals surface area contributed by atoms with Crippen molar-refractivity contribution < 1.29 is 4.79 Å². The van der Waals surface area contributed by atoms with E-state index in [2.05, 4.69) is 4.57 Å². The molecule has 4 rings (SSSR count). The van der Waals surface area contributed by atoms with Gasteiger partial charge in [-0.3, -0.25) is 4.79 Å². The third-order valence-corrected chi connectivity index (χ3v) is 5.39. The molecule has 25 heavy (non-hydrogen) atoms. The standard InChI is InChI=1S/C21H21ClN2O/c1-14(25)16-9-12-20-19(13-16)23-21(15-7-10-17(22)11-8-15)24(20)18-5-3-2-4-6-18/h7-13,18H,2-6H2,1H3. The van der Waals surface area contributed by atoms with Crippen molar-refractivity contribution in [2.24, 2.45) is 0 Å². The number of ketones is 1. The molecule has 0 spiro atoms. The topological polar surface area (TPSA) is 34.9 Å². The average Bonchev–Trinajstić information content (AvgIpc) is 3.01. The molecule has 0 atom stereocenters. The van der Waals surface area contributed by atoms with Crippen LogP contribution in [0.5, 0.6) is 0 Å². The maximum Gasteiger partial charge on any atom is 0.159 e.